The van der Waals surface area contributed by atoms with Crippen LogP contribution >= 0.6 is 46.2 Å². The number of rotatable bonds is 12. The highest BCUT2D eigenvalue weighted by Gasteiger charge is 2.08. The number of thioether (sulfide) groups is 2. The fourth-order valence-electron chi connectivity index (χ4n) is 2.58. The van der Waals surface area contributed by atoms with Crippen LogP contribution in [-0.2, 0) is 11.5 Å². The second kappa shape index (κ2) is 12.8. The van der Waals surface area contributed by atoms with Crippen LogP contribution in [0, 0.1) is 0 Å². The monoisotopic (exact) mass is 476 g/mol. The molecule has 158 valence electrons. The van der Waals surface area contributed by atoms with Crippen LogP contribution in [0.3, 0.4) is 0 Å². The number of carbonyl (C=O) groups excluding carboxylic acids is 2. The molecule has 0 bridgehead atoms. The van der Waals surface area contributed by atoms with Crippen LogP contribution in [0.1, 0.15) is 31.8 Å². The number of hydrogen-bond acceptors (Lipinski definition) is 6. The van der Waals surface area contributed by atoms with E-state index in [1.54, 1.807) is 70.5 Å². The lowest BCUT2D eigenvalue weighted by atomic mass is 10.1. The molecule has 2 aromatic heterocycles. The van der Waals surface area contributed by atoms with Gasteiger partial charge in [0.2, 0.25) is 0 Å². The van der Waals surface area contributed by atoms with Crippen molar-refractivity contribution in [3.63, 3.8) is 0 Å². The van der Waals surface area contributed by atoms with E-state index in [9.17, 15) is 9.59 Å². The van der Waals surface area contributed by atoms with Crippen LogP contribution in [-0.4, -0.2) is 36.4 Å². The highest BCUT2D eigenvalue weighted by Crippen LogP contribution is 2.15. The van der Waals surface area contributed by atoms with E-state index in [2.05, 4.69) is 44.3 Å². The van der Waals surface area contributed by atoms with Crippen LogP contribution < -0.4 is 10.6 Å². The first-order chi connectivity index (χ1) is 14.7. The van der Waals surface area contributed by atoms with Gasteiger partial charge >= 0.3 is 0 Å². The number of benzene rings is 1. The Balaban J connectivity index is 1.30. The van der Waals surface area contributed by atoms with Gasteiger partial charge in [0.1, 0.15) is 0 Å². The average molecular weight is 477 g/mol. The predicted molar refractivity (Wildman–Crippen MR) is 132 cm³/mol. The fraction of sp³-hybridized carbons (Fsp3) is 0.273. The molecule has 0 aliphatic rings. The maximum atomic E-state index is 12.2. The first-order valence-electron chi connectivity index (χ1n) is 9.56. The molecular formula is C22H24N2O2S4. The molecule has 2 heterocycles. The molecule has 1 aromatic carbocycles. The van der Waals surface area contributed by atoms with Crippen molar-refractivity contribution in [2.45, 2.75) is 11.5 Å². The Labute approximate surface area is 193 Å². The lowest BCUT2D eigenvalue weighted by Crippen LogP contribution is -2.27. The minimum absolute atomic E-state index is 0.108. The van der Waals surface area contributed by atoms with Crippen molar-refractivity contribution in [2.24, 2.45) is 0 Å². The molecule has 4 nitrogen and oxygen atoms in total. The molecule has 0 saturated heterocycles. The molecular weight excluding hydrogens is 453 g/mol. The Morgan fingerprint density at radius 1 is 0.700 bits per heavy atom. The molecule has 2 N–H and O–H groups in total. The van der Waals surface area contributed by atoms with Crippen LogP contribution in [0.15, 0.2) is 57.9 Å². The van der Waals surface area contributed by atoms with E-state index >= 15 is 0 Å². The van der Waals surface area contributed by atoms with Gasteiger partial charge < -0.3 is 10.6 Å². The van der Waals surface area contributed by atoms with Gasteiger partial charge in [0, 0.05) is 47.2 Å². The normalized spacial score (nSPS) is 10.7. The highest BCUT2D eigenvalue weighted by molar-refractivity contribution is 7.98. The maximum Gasteiger partial charge on any atom is 0.251 e. The lowest BCUT2D eigenvalue weighted by Gasteiger charge is -2.07. The molecule has 2 amide bonds. The number of amides is 2. The van der Waals surface area contributed by atoms with Crippen molar-refractivity contribution in [1.82, 2.24) is 10.6 Å². The molecule has 0 fully saturated rings. The Morgan fingerprint density at radius 3 is 1.50 bits per heavy atom. The van der Waals surface area contributed by atoms with Crippen molar-refractivity contribution in [1.29, 1.82) is 0 Å². The quantitative estimate of drug-likeness (QED) is 0.356. The molecule has 0 radical (unpaired) electrons. The van der Waals surface area contributed by atoms with Crippen molar-refractivity contribution in [3.05, 3.63) is 80.2 Å². The average Bonchev–Trinajstić information content (AvgIpc) is 3.47. The summed E-state index contributed by atoms with van der Waals surface area (Å²) in [5, 5.41) is 14.3. The van der Waals surface area contributed by atoms with Gasteiger partial charge in [0.05, 0.1) is 0 Å². The van der Waals surface area contributed by atoms with Crippen LogP contribution in [0.25, 0.3) is 0 Å². The summed E-state index contributed by atoms with van der Waals surface area (Å²) in [6.45, 7) is 1.25. The van der Waals surface area contributed by atoms with Gasteiger partial charge in [-0.05, 0) is 69.0 Å². The van der Waals surface area contributed by atoms with E-state index in [1.165, 1.54) is 11.1 Å². The predicted octanol–water partition coefficient (Wildman–Crippen LogP) is 5.14. The largest absolute Gasteiger partial charge is 0.351 e. The minimum Gasteiger partial charge on any atom is -0.351 e. The molecule has 8 heteroatoms. The molecule has 0 aliphatic heterocycles. The van der Waals surface area contributed by atoms with Crippen LogP contribution in [0.2, 0.25) is 0 Å². The zero-order chi connectivity index (χ0) is 21.0. The first-order valence-corrected chi connectivity index (χ1v) is 13.8. The number of hydrogen-bond donors (Lipinski definition) is 2. The Bertz CT molecular complexity index is 819. The van der Waals surface area contributed by atoms with Crippen LogP contribution in [0.4, 0.5) is 0 Å². The Kier molecular flexibility index (Phi) is 9.82. The molecule has 0 saturated carbocycles. The number of nitrogens with one attached hydrogen (secondary N) is 2. The molecule has 3 rings (SSSR count). The lowest BCUT2D eigenvalue weighted by molar-refractivity contribution is 0.0944. The third-order valence-electron chi connectivity index (χ3n) is 4.17. The molecule has 30 heavy (non-hydrogen) atoms. The molecule has 0 unspecified atom stereocenters. The Hall–Kier alpha value is -1.74. The van der Waals surface area contributed by atoms with Gasteiger partial charge in [-0.2, -0.15) is 46.2 Å². The molecule has 0 spiro atoms. The molecule has 0 atom stereocenters. The maximum absolute atomic E-state index is 12.2. The van der Waals surface area contributed by atoms with E-state index in [-0.39, 0.29) is 11.8 Å². The van der Waals surface area contributed by atoms with Crippen molar-refractivity contribution >= 4 is 58.0 Å². The van der Waals surface area contributed by atoms with E-state index in [1.807, 2.05) is 0 Å². The summed E-state index contributed by atoms with van der Waals surface area (Å²) in [6, 6.07) is 11.1. The highest BCUT2D eigenvalue weighted by atomic mass is 32.2. The van der Waals surface area contributed by atoms with Gasteiger partial charge in [-0.1, -0.05) is 0 Å². The third-order valence-corrected chi connectivity index (χ3v) is 7.70. The summed E-state index contributed by atoms with van der Waals surface area (Å²) in [5.74, 6) is 3.45. The summed E-state index contributed by atoms with van der Waals surface area (Å²) >= 11 is 7.01. The summed E-state index contributed by atoms with van der Waals surface area (Å²) < 4.78 is 0. The van der Waals surface area contributed by atoms with Crippen molar-refractivity contribution in [3.8, 4) is 0 Å². The second-order valence-electron chi connectivity index (χ2n) is 6.46. The first kappa shape index (κ1) is 22.9. The van der Waals surface area contributed by atoms with Gasteiger partial charge in [-0.3, -0.25) is 9.59 Å². The van der Waals surface area contributed by atoms with Gasteiger partial charge in [0.25, 0.3) is 11.8 Å². The summed E-state index contributed by atoms with van der Waals surface area (Å²) in [7, 11) is 0. The zero-order valence-electron chi connectivity index (χ0n) is 16.5. The van der Waals surface area contributed by atoms with E-state index in [0.717, 1.165) is 23.0 Å². The summed E-state index contributed by atoms with van der Waals surface area (Å²) in [6.07, 6.45) is 0. The summed E-state index contributed by atoms with van der Waals surface area (Å²) in [4.78, 5) is 24.5. The fourth-order valence-corrected chi connectivity index (χ4v) is 5.74. The van der Waals surface area contributed by atoms with Gasteiger partial charge in [-0.15, -0.1) is 0 Å². The SMILES string of the molecule is O=C(NCCSCc1ccsc1)c1ccc(C(=O)NCCSCc2ccsc2)cc1. The van der Waals surface area contributed by atoms with Gasteiger partial charge in [0.15, 0.2) is 0 Å². The Morgan fingerprint density at radius 2 is 1.13 bits per heavy atom. The van der Waals surface area contributed by atoms with Crippen molar-refractivity contribution < 1.29 is 9.59 Å². The van der Waals surface area contributed by atoms with Crippen LogP contribution in [0.5, 0.6) is 0 Å². The smallest absolute Gasteiger partial charge is 0.251 e. The van der Waals surface area contributed by atoms with Gasteiger partial charge in [-0.25, -0.2) is 0 Å². The molecule has 0 aliphatic carbocycles. The van der Waals surface area contributed by atoms with Crippen molar-refractivity contribution in [2.75, 3.05) is 24.6 Å². The second-order valence-corrected chi connectivity index (χ2v) is 10.2. The third kappa shape index (κ3) is 7.83. The minimum atomic E-state index is -0.108. The summed E-state index contributed by atoms with van der Waals surface area (Å²) in [5.41, 5.74) is 3.79. The molecule has 3 aromatic rings. The van der Waals surface area contributed by atoms with E-state index in [4.69, 9.17) is 0 Å². The standard InChI is InChI=1S/C22H24N2O2S4/c25-21(23-7-11-29-15-17-5-9-27-13-17)19-1-2-20(4-3-19)22(26)24-8-12-30-16-18-6-10-28-14-18/h1-6,9-10,13-14H,7-8,11-12,15-16H2,(H,23,25)(H,24,26). The van der Waals surface area contributed by atoms with E-state index < -0.39 is 0 Å². The topological polar surface area (TPSA) is 58.2 Å². The zero-order valence-corrected chi connectivity index (χ0v) is 19.7. The van der Waals surface area contributed by atoms with E-state index in [0.29, 0.717) is 24.2 Å². The number of thiophene rings is 2. The number of carbonyl (C=O) groups is 2.